The van der Waals surface area contributed by atoms with Gasteiger partial charge in [-0.25, -0.2) is 0 Å². The van der Waals surface area contributed by atoms with Crippen LogP contribution in [0.1, 0.15) is 27.7 Å². The zero-order valence-electron chi connectivity index (χ0n) is 10.3. The highest BCUT2D eigenvalue weighted by Gasteiger charge is 2.22. The lowest BCUT2D eigenvalue weighted by molar-refractivity contribution is -0.164. The Kier molecular flexibility index (Phi) is 6.11. The summed E-state index contributed by atoms with van der Waals surface area (Å²) < 4.78 is 17.9. The van der Waals surface area contributed by atoms with Gasteiger partial charge in [-0.15, -0.1) is 0 Å². The van der Waals surface area contributed by atoms with E-state index in [-0.39, 0.29) is 0 Å². The Labute approximate surface area is 102 Å². The van der Waals surface area contributed by atoms with Crippen LogP contribution < -0.4 is 0 Å². The van der Waals surface area contributed by atoms with E-state index in [9.17, 15) is 19.2 Å². The van der Waals surface area contributed by atoms with Crippen molar-refractivity contribution in [3.63, 3.8) is 0 Å². The summed E-state index contributed by atoms with van der Waals surface area (Å²) in [5.41, 5.74) is 0. The Morgan fingerprint density at radius 3 is 0.778 bits per heavy atom. The number of rotatable bonds is 4. The fraction of sp³-hybridized carbons (Fsp3) is 0.400. The second-order valence-corrected chi connectivity index (χ2v) is 2.95. The largest absolute Gasteiger partial charge is 0.387 e. The Balaban J connectivity index is 5.33. The molecule has 0 amide bonds. The van der Waals surface area contributed by atoms with Crippen molar-refractivity contribution in [2.45, 2.75) is 27.7 Å². The van der Waals surface area contributed by atoms with Crippen molar-refractivity contribution in [2.75, 3.05) is 0 Å². The van der Waals surface area contributed by atoms with E-state index < -0.39 is 35.8 Å². The van der Waals surface area contributed by atoms with Crippen molar-refractivity contribution in [1.29, 1.82) is 0 Å². The molecule has 0 aromatic heterocycles. The second kappa shape index (κ2) is 7.05. The van der Waals surface area contributed by atoms with E-state index in [0.717, 1.165) is 27.7 Å². The number of carbonyl (C=O) groups is 4. The Bertz CT molecular complexity index is 332. The zero-order valence-corrected chi connectivity index (χ0v) is 10.3. The molecule has 0 atom stereocenters. The summed E-state index contributed by atoms with van der Waals surface area (Å²) in [6.07, 6.45) is 0. The lowest BCUT2D eigenvalue weighted by atomic mass is 10.7. The van der Waals surface area contributed by atoms with Crippen LogP contribution in [-0.2, 0) is 38.1 Å². The van der Waals surface area contributed by atoms with E-state index in [1.165, 1.54) is 0 Å². The SMILES string of the molecule is CC(=O)OC(OC(C)=O)=C(OC(C)=O)OC(C)=O. The normalized spacial score (nSPS) is 8.89. The first-order valence-electron chi connectivity index (χ1n) is 4.70. The van der Waals surface area contributed by atoms with Gasteiger partial charge in [0.1, 0.15) is 0 Å². The van der Waals surface area contributed by atoms with Crippen molar-refractivity contribution >= 4 is 23.9 Å². The van der Waals surface area contributed by atoms with Gasteiger partial charge in [0, 0.05) is 27.7 Å². The third-order valence-corrected chi connectivity index (χ3v) is 1.11. The first kappa shape index (κ1) is 15.6. The fourth-order valence-electron chi connectivity index (χ4n) is 0.730. The summed E-state index contributed by atoms with van der Waals surface area (Å²) in [5.74, 6) is -5.07. The molecule has 0 aromatic rings. The van der Waals surface area contributed by atoms with Gasteiger partial charge in [-0.2, -0.15) is 0 Å². The number of carbonyl (C=O) groups excluding carboxylic acids is 4. The molecule has 8 nitrogen and oxygen atoms in total. The summed E-state index contributed by atoms with van der Waals surface area (Å²) in [7, 11) is 0. The Hall–Kier alpha value is -2.38. The van der Waals surface area contributed by atoms with Crippen LogP contribution in [-0.4, -0.2) is 23.9 Å². The Morgan fingerprint density at radius 2 is 0.667 bits per heavy atom. The van der Waals surface area contributed by atoms with Gasteiger partial charge in [-0.05, 0) is 0 Å². The minimum atomic E-state index is -0.858. The average Bonchev–Trinajstić information content (AvgIpc) is 2.12. The monoisotopic (exact) mass is 260 g/mol. The van der Waals surface area contributed by atoms with Gasteiger partial charge in [0.05, 0.1) is 0 Å². The third kappa shape index (κ3) is 6.99. The van der Waals surface area contributed by atoms with Crippen LogP contribution in [0.4, 0.5) is 0 Å². The summed E-state index contributed by atoms with van der Waals surface area (Å²) >= 11 is 0. The molecular formula is C10H12O8. The van der Waals surface area contributed by atoms with E-state index in [1.54, 1.807) is 0 Å². The van der Waals surface area contributed by atoms with E-state index >= 15 is 0 Å². The summed E-state index contributed by atoms with van der Waals surface area (Å²) in [5, 5.41) is 0. The van der Waals surface area contributed by atoms with Crippen molar-refractivity contribution in [1.82, 2.24) is 0 Å². The van der Waals surface area contributed by atoms with E-state index in [0.29, 0.717) is 0 Å². The van der Waals surface area contributed by atoms with E-state index in [1.807, 2.05) is 0 Å². The molecular weight excluding hydrogens is 248 g/mol. The number of hydrogen-bond donors (Lipinski definition) is 0. The van der Waals surface area contributed by atoms with Crippen LogP contribution in [0.5, 0.6) is 0 Å². The molecule has 0 heterocycles. The molecule has 8 heteroatoms. The molecule has 0 saturated carbocycles. The van der Waals surface area contributed by atoms with Crippen LogP contribution in [0.2, 0.25) is 0 Å². The average molecular weight is 260 g/mol. The Morgan fingerprint density at radius 1 is 0.500 bits per heavy atom. The van der Waals surface area contributed by atoms with E-state index in [2.05, 4.69) is 18.9 Å². The molecule has 0 aromatic carbocycles. The third-order valence-electron chi connectivity index (χ3n) is 1.11. The summed E-state index contributed by atoms with van der Waals surface area (Å²) in [6.45, 7) is 4.07. The standard InChI is InChI=1S/C10H12O8/c1-5(11)15-9(16-6(2)12)10(17-7(3)13)18-8(4)14/h1-4H3. The van der Waals surface area contributed by atoms with E-state index in [4.69, 9.17) is 0 Å². The van der Waals surface area contributed by atoms with Crippen LogP contribution in [0, 0.1) is 0 Å². The highest BCUT2D eigenvalue weighted by atomic mass is 16.8. The van der Waals surface area contributed by atoms with Gasteiger partial charge in [-0.1, -0.05) is 0 Å². The van der Waals surface area contributed by atoms with Gasteiger partial charge in [0.25, 0.3) is 0 Å². The maximum absolute atomic E-state index is 10.8. The molecule has 0 aliphatic carbocycles. The van der Waals surface area contributed by atoms with Crippen LogP contribution in [0.25, 0.3) is 0 Å². The maximum atomic E-state index is 10.8. The van der Waals surface area contributed by atoms with Crippen molar-refractivity contribution < 1.29 is 38.1 Å². The molecule has 18 heavy (non-hydrogen) atoms. The first-order valence-corrected chi connectivity index (χ1v) is 4.70. The lowest BCUT2D eigenvalue weighted by Gasteiger charge is -2.11. The zero-order chi connectivity index (χ0) is 14.3. The van der Waals surface area contributed by atoms with Crippen LogP contribution in [0.3, 0.4) is 0 Å². The molecule has 0 rings (SSSR count). The van der Waals surface area contributed by atoms with Gasteiger partial charge in [0.2, 0.25) is 0 Å². The minimum Gasteiger partial charge on any atom is -0.387 e. The molecule has 0 N–H and O–H groups in total. The molecule has 0 aliphatic heterocycles. The number of ether oxygens (including phenoxy) is 4. The summed E-state index contributed by atoms with van der Waals surface area (Å²) in [6, 6.07) is 0. The topological polar surface area (TPSA) is 105 Å². The summed E-state index contributed by atoms with van der Waals surface area (Å²) in [4.78, 5) is 43.1. The van der Waals surface area contributed by atoms with Gasteiger partial charge < -0.3 is 18.9 Å². The predicted molar refractivity (Wildman–Crippen MR) is 54.1 cm³/mol. The molecule has 0 unspecified atom stereocenters. The second-order valence-electron chi connectivity index (χ2n) is 2.95. The van der Waals surface area contributed by atoms with Crippen LogP contribution in [0.15, 0.2) is 11.9 Å². The highest BCUT2D eigenvalue weighted by Crippen LogP contribution is 2.13. The number of esters is 4. The lowest BCUT2D eigenvalue weighted by Crippen LogP contribution is -2.15. The molecule has 0 aliphatic rings. The molecule has 100 valence electrons. The van der Waals surface area contributed by atoms with Gasteiger partial charge in [-0.3, -0.25) is 19.2 Å². The fourth-order valence-corrected chi connectivity index (χ4v) is 0.730. The van der Waals surface area contributed by atoms with Crippen molar-refractivity contribution in [2.24, 2.45) is 0 Å². The molecule has 0 fully saturated rings. The highest BCUT2D eigenvalue weighted by molar-refractivity contribution is 5.72. The maximum Gasteiger partial charge on any atom is 0.381 e. The molecule has 0 spiro atoms. The minimum absolute atomic E-state index is 0.819. The smallest absolute Gasteiger partial charge is 0.381 e. The van der Waals surface area contributed by atoms with Crippen LogP contribution >= 0.6 is 0 Å². The van der Waals surface area contributed by atoms with Crippen molar-refractivity contribution in [3.8, 4) is 0 Å². The van der Waals surface area contributed by atoms with Gasteiger partial charge in [0.15, 0.2) is 0 Å². The molecule has 0 radical (unpaired) electrons. The molecule has 0 bridgehead atoms. The quantitative estimate of drug-likeness (QED) is 0.527. The van der Waals surface area contributed by atoms with Crippen molar-refractivity contribution in [3.05, 3.63) is 11.9 Å². The molecule has 0 saturated heterocycles. The van der Waals surface area contributed by atoms with Gasteiger partial charge >= 0.3 is 35.8 Å². The predicted octanol–water partition coefficient (Wildman–Crippen LogP) is 0.365. The first-order chi connectivity index (χ1) is 8.22. The number of hydrogen-bond acceptors (Lipinski definition) is 8.